The highest BCUT2D eigenvalue weighted by atomic mass is 79.9. The van der Waals surface area contributed by atoms with E-state index in [9.17, 15) is 28.8 Å². The predicted molar refractivity (Wildman–Crippen MR) is 180 cm³/mol. The van der Waals surface area contributed by atoms with Crippen LogP contribution >= 0.6 is 15.9 Å². The van der Waals surface area contributed by atoms with Crippen LogP contribution in [0.4, 0.5) is 0 Å². The summed E-state index contributed by atoms with van der Waals surface area (Å²) < 4.78 is 6.34. The van der Waals surface area contributed by atoms with Crippen molar-refractivity contribution < 1.29 is 33.5 Å². The number of hydrogen-bond donors (Lipinski definition) is 5. The SMILES string of the molecule is CC(C)[C@](C)(NC(=O)C(C)(C)NC(=O)C(C)(C)NC(=O)C(C)(C)NC(=O)C(C)(C)NC(=O)c1ccc(Br)cc1)C(=O)OC(C)(C)C. The first-order valence-electron chi connectivity index (χ1n) is 15.1. The van der Waals surface area contributed by atoms with E-state index in [-0.39, 0.29) is 5.92 Å². The number of ether oxygens (including phenoxy) is 1. The Morgan fingerprint density at radius 1 is 0.565 bits per heavy atom. The lowest BCUT2D eigenvalue weighted by molar-refractivity contribution is -0.166. The summed E-state index contributed by atoms with van der Waals surface area (Å²) in [7, 11) is 0. The summed E-state index contributed by atoms with van der Waals surface area (Å²) in [6.45, 7) is 22.1. The topological polar surface area (TPSA) is 172 Å². The molecule has 0 bridgehead atoms. The quantitative estimate of drug-likeness (QED) is 0.207. The van der Waals surface area contributed by atoms with E-state index in [4.69, 9.17) is 4.74 Å². The molecular weight excluding hydrogens is 658 g/mol. The van der Waals surface area contributed by atoms with Gasteiger partial charge >= 0.3 is 5.97 Å². The van der Waals surface area contributed by atoms with Crippen LogP contribution in [-0.2, 0) is 28.7 Å². The Balaban J connectivity index is 2.99. The minimum atomic E-state index is -1.53. The van der Waals surface area contributed by atoms with Crippen molar-refractivity contribution in [3.63, 3.8) is 0 Å². The molecule has 1 aromatic rings. The van der Waals surface area contributed by atoms with Crippen LogP contribution in [0.25, 0.3) is 0 Å². The second-order valence-corrected chi connectivity index (χ2v) is 16.1. The Labute approximate surface area is 281 Å². The van der Waals surface area contributed by atoms with Gasteiger partial charge in [0.25, 0.3) is 5.91 Å². The number of amides is 5. The standard InChI is InChI=1S/C33H52BrN5O7/c1-19(2)33(14,27(45)46-28(3,4)5)39-26(44)32(12,13)38-25(43)31(10,11)37-24(42)30(8,9)36-23(41)29(6,7)35-22(40)20-15-17-21(34)18-16-20/h15-19H,1-14H3,(H,35,40)(H,36,41)(H,37,42)(H,38,43)(H,39,44)/t33-/m0/s1. The third-order valence-corrected chi connectivity index (χ3v) is 7.96. The first kappa shape index (κ1) is 40.5. The largest absolute Gasteiger partial charge is 0.458 e. The number of rotatable bonds is 12. The summed E-state index contributed by atoms with van der Waals surface area (Å²) in [6, 6.07) is 6.61. The van der Waals surface area contributed by atoms with Crippen LogP contribution in [0.5, 0.6) is 0 Å². The molecule has 0 spiro atoms. The Morgan fingerprint density at radius 3 is 1.22 bits per heavy atom. The van der Waals surface area contributed by atoms with Crippen molar-refractivity contribution in [3.8, 4) is 0 Å². The highest BCUT2D eigenvalue weighted by Gasteiger charge is 2.46. The third-order valence-electron chi connectivity index (χ3n) is 7.43. The summed E-state index contributed by atoms with van der Waals surface area (Å²) in [5.74, 6) is -4.06. The number of esters is 1. The molecular formula is C33H52BrN5O7. The van der Waals surface area contributed by atoms with Crippen LogP contribution < -0.4 is 26.6 Å². The van der Waals surface area contributed by atoms with Crippen LogP contribution in [0.1, 0.15) is 107 Å². The first-order chi connectivity index (χ1) is 20.5. The van der Waals surface area contributed by atoms with Gasteiger partial charge in [0, 0.05) is 10.0 Å². The third kappa shape index (κ3) is 10.8. The molecule has 258 valence electrons. The number of carbonyl (C=O) groups is 6. The van der Waals surface area contributed by atoms with E-state index >= 15 is 0 Å². The second-order valence-electron chi connectivity index (χ2n) is 15.1. The summed E-state index contributed by atoms with van der Waals surface area (Å²) in [4.78, 5) is 79.1. The van der Waals surface area contributed by atoms with Gasteiger partial charge in [0.15, 0.2) is 0 Å². The number of hydrogen-bond acceptors (Lipinski definition) is 7. The molecule has 0 saturated carbocycles. The van der Waals surface area contributed by atoms with Crippen molar-refractivity contribution in [2.45, 2.75) is 130 Å². The van der Waals surface area contributed by atoms with Gasteiger partial charge in [-0.1, -0.05) is 29.8 Å². The van der Waals surface area contributed by atoms with Gasteiger partial charge in [0.2, 0.25) is 23.6 Å². The molecule has 5 amide bonds. The Kier molecular flexibility index (Phi) is 12.4. The minimum absolute atomic E-state index is 0.343. The number of carbonyl (C=O) groups excluding carboxylic acids is 6. The smallest absolute Gasteiger partial charge is 0.332 e. The van der Waals surface area contributed by atoms with E-state index < -0.39 is 68.8 Å². The van der Waals surface area contributed by atoms with Crippen LogP contribution in [0.2, 0.25) is 0 Å². The molecule has 0 unspecified atom stereocenters. The van der Waals surface area contributed by atoms with Gasteiger partial charge in [-0.05, 0) is 113 Å². The molecule has 1 atom stereocenters. The molecule has 0 fully saturated rings. The van der Waals surface area contributed by atoms with Gasteiger partial charge in [0.1, 0.15) is 33.3 Å². The monoisotopic (exact) mass is 709 g/mol. The average molecular weight is 711 g/mol. The molecule has 1 aromatic carbocycles. The van der Waals surface area contributed by atoms with Crippen molar-refractivity contribution in [3.05, 3.63) is 34.3 Å². The second kappa shape index (κ2) is 14.1. The first-order valence-corrected chi connectivity index (χ1v) is 15.9. The fourth-order valence-electron chi connectivity index (χ4n) is 3.71. The molecule has 0 aliphatic rings. The molecule has 13 heteroatoms. The molecule has 5 N–H and O–H groups in total. The average Bonchev–Trinajstić information content (AvgIpc) is 2.86. The predicted octanol–water partition coefficient (Wildman–Crippen LogP) is 3.51. The zero-order chi connectivity index (χ0) is 36.3. The van der Waals surface area contributed by atoms with E-state index in [0.29, 0.717) is 5.56 Å². The van der Waals surface area contributed by atoms with Crippen molar-refractivity contribution in [2.24, 2.45) is 5.92 Å². The zero-order valence-corrected chi connectivity index (χ0v) is 31.2. The molecule has 0 radical (unpaired) electrons. The summed E-state index contributed by atoms with van der Waals surface area (Å²) in [6.07, 6.45) is 0. The summed E-state index contributed by atoms with van der Waals surface area (Å²) in [5, 5.41) is 13.3. The van der Waals surface area contributed by atoms with Gasteiger partial charge < -0.3 is 31.3 Å². The van der Waals surface area contributed by atoms with Gasteiger partial charge in [0.05, 0.1) is 0 Å². The highest BCUT2D eigenvalue weighted by molar-refractivity contribution is 9.10. The zero-order valence-electron chi connectivity index (χ0n) is 29.6. The van der Waals surface area contributed by atoms with Crippen LogP contribution in [0.3, 0.4) is 0 Å². The van der Waals surface area contributed by atoms with Gasteiger partial charge in [-0.25, -0.2) is 4.79 Å². The number of halogens is 1. The molecule has 1 rings (SSSR count). The minimum Gasteiger partial charge on any atom is -0.458 e. The van der Waals surface area contributed by atoms with Crippen molar-refractivity contribution in [1.29, 1.82) is 0 Å². The van der Waals surface area contributed by atoms with E-state index in [1.54, 1.807) is 65.8 Å². The molecule has 0 aliphatic carbocycles. The van der Waals surface area contributed by atoms with Gasteiger partial charge in [-0.3, -0.25) is 24.0 Å². The van der Waals surface area contributed by atoms with Gasteiger partial charge in [-0.15, -0.1) is 0 Å². The van der Waals surface area contributed by atoms with E-state index in [0.717, 1.165) is 4.47 Å². The highest BCUT2D eigenvalue weighted by Crippen LogP contribution is 2.23. The maximum Gasteiger partial charge on any atom is 0.332 e. The summed E-state index contributed by atoms with van der Waals surface area (Å²) >= 11 is 3.31. The molecule has 46 heavy (non-hydrogen) atoms. The van der Waals surface area contributed by atoms with Crippen molar-refractivity contribution >= 4 is 51.4 Å². The van der Waals surface area contributed by atoms with Crippen LogP contribution in [0.15, 0.2) is 28.7 Å². The fourth-order valence-corrected chi connectivity index (χ4v) is 3.98. The summed E-state index contributed by atoms with van der Waals surface area (Å²) in [5.41, 5.74) is -7.75. The van der Waals surface area contributed by atoms with Crippen molar-refractivity contribution in [1.82, 2.24) is 26.6 Å². The molecule has 12 nitrogen and oxygen atoms in total. The van der Waals surface area contributed by atoms with Crippen molar-refractivity contribution in [2.75, 3.05) is 0 Å². The number of benzene rings is 1. The molecule has 0 saturated heterocycles. The molecule has 0 aromatic heterocycles. The Bertz CT molecular complexity index is 1340. The Morgan fingerprint density at radius 2 is 0.891 bits per heavy atom. The van der Waals surface area contributed by atoms with Gasteiger partial charge in [-0.2, -0.15) is 0 Å². The Hall–Kier alpha value is -3.48. The maximum atomic E-state index is 13.4. The molecule has 0 aliphatic heterocycles. The maximum absolute atomic E-state index is 13.4. The van der Waals surface area contributed by atoms with Crippen LogP contribution in [-0.4, -0.2) is 68.8 Å². The lowest BCUT2D eigenvalue weighted by Crippen LogP contribution is -2.69. The number of nitrogens with one attached hydrogen (secondary N) is 5. The fraction of sp³-hybridized carbons (Fsp3) is 0.636. The normalized spacial score (nSPS) is 14.0. The van der Waals surface area contributed by atoms with Crippen LogP contribution in [0, 0.1) is 5.92 Å². The lowest BCUT2D eigenvalue weighted by atomic mass is 9.86. The lowest BCUT2D eigenvalue weighted by Gasteiger charge is -2.39. The molecule has 0 heterocycles. The van der Waals surface area contributed by atoms with E-state index in [1.165, 1.54) is 55.4 Å². The van der Waals surface area contributed by atoms with E-state index in [1.807, 2.05) is 0 Å². The van der Waals surface area contributed by atoms with E-state index in [2.05, 4.69) is 42.5 Å².